The molecule has 20 heavy (non-hydrogen) atoms. The molecule has 0 amide bonds. The van der Waals surface area contributed by atoms with Gasteiger partial charge in [-0.3, -0.25) is 0 Å². The molecule has 0 radical (unpaired) electrons. The number of anilines is 1. The van der Waals surface area contributed by atoms with Gasteiger partial charge in [0.15, 0.2) is 0 Å². The van der Waals surface area contributed by atoms with Crippen molar-refractivity contribution < 1.29 is 4.74 Å². The standard InChI is InChI=1S/C15H24N4O/c1-4-13-12-8-16-7-11(12)9-19(13)14-6-15(20-5-2)18-10(3)17-14/h6,11-13,16H,4-5,7-9H2,1-3H3. The maximum Gasteiger partial charge on any atom is 0.218 e. The molecule has 2 aliphatic rings. The van der Waals surface area contributed by atoms with E-state index in [9.17, 15) is 0 Å². The van der Waals surface area contributed by atoms with Crippen LogP contribution in [0.15, 0.2) is 6.07 Å². The molecule has 1 aromatic rings. The van der Waals surface area contributed by atoms with Crippen LogP contribution in [0.3, 0.4) is 0 Å². The minimum atomic E-state index is 0.582. The minimum absolute atomic E-state index is 0.582. The van der Waals surface area contributed by atoms with Crippen molar-refractivity contribution in [3.8, 4) is 5.88 Å². The molecule has 5 nitrogen and oxygen atoms in total. The molecule has 0 aliphatic carbocycles. The number of ether oxygens (including phenoxy) is 1. The summed E-state index contributed by atoms with van der Waals surface area (Å²) in [5.74, 6) is 4.02. The van der Waals surface area contributed by atoms with Gasteiger partial charge in [0.25, 0.3) is 0 Å². The van der Waals surface area contributed by atoms with Gasteiger partial charge >= 0.3 is 0 Å². The van der Waals surface area contributed by atoms with Crippen LogP contribution in [0.1, 0.15) is 26.1 Å². The fourth-order valence-electron chi connectivity index (χ4n) is 3.70. The summed E-state index contributed by atoms with van der Waals surface area (Å²) in [6, 6.07) is 2.58. The normalized spacial score (nSPS) is 28.8. The summed E-state index contributed by atoms with van der Waals surface area (Å²) >= 11 is 0. The smallest absolute Gasteiger partial charge is 0.218 e. The molecule has 5 heteroatoms. The summed E-state index contributed by atoms with van der Waals surface area (Å²) < 4.78 is 5.56. The van der Waals surface area contributed by atoms with Crippen molar-refractivity contribution in [2.45, 2.75) is 33.2 Å². The van der Waals surface area contributed by atoms with E-state index in [-0.39, 0.29) is 0 Å². The van der Waals surface area contributed by atoms with Gasteiger partial charge in [0.05, 0.1) is 6.61 Å². The van der Waals surface area contributed by atoms with Crippen molar-refractivity contribution in [3.63, 3.8) is 0 Å². The monoisotopic (exact) mass is 276 g/mol. The van der Waals surface area contributed by atoms with E-state index in [1.165, 1.54) is 0 Å². The Labute approximate surface area is 120 Å². The first-order valence-corrected chi connectivity index (χ1v) is 7.68. The highest BCUT2D eigenvalue weighted by molar-refractivity contribution is 5.45. The van der Waals surface area contributed by atoms with E-state index < -0.39 is 0 Å². The van der Waals surface area contributed by atoms with Crippen LogP contribution in [0.25, 0.3) is 0 Å². The summed E-state index contributed by atoms with van der Waals surface area (Å²) in [5, 5.41) is 3.52. The van der Waals surface area contributed by atoms with Crippen LogP contribution in [0.2, 0.25) is 0 Å². The number of hydrogen-bond donors (Lipinski definition) is 1. The third-order valence-corrected chi connectivity index (χ3v) is 4.52. The molecule has 0 aromatic carbocycles. The van der Waals surface area contributed by atoms with Gasteiger partial charge < -0.3 is 15.0 Å². The van der Waals surface area contributed by atoms with Crippen molar-refractivity contribution in [2.75, 3.05) is 31.1 Å². The summed E-state index contributed by atoms with van der Waals surface area (Å²) in [7, 11) is 0. The van der Waals surface area contributed by atoms with Gasteiger partial charge in [-0.1, -0.05) is 6.92 Å². The van der Waals surface area contributed by atoms with Crippen molar-refractivity contribution in [2.24, 2.45) is 11.8 Å². The lowest BCUT2D eigenvalue weighted by Gasteiger charge is -2.28. The lowest BCUT2D eigenvalue weighted by Crippen LogP contribution is -2.35. The van der Waals surface area contributed by atoms with E-state index in [0.717, 1.165) is 49.5 Å². The Balaban J connectivity index is 1.88. The average molecular weight is 276 g/mol. The topological polar surface area (TPSA) is 50.3 Å². The average Bonchev–Trinajstić information content (AvgIpc) is 2.97. The Hall–Kier alpha value is -1.36. The molecule has 2 aliphatic heterocycles. The highest BCUT2D eigenvalue weighted by atomic mass is 16.5. The summed E-state index contributed by atoms with van der Waals surface area (Å²) in [5.41, 5.74) is 0. The third kappa shape index (κ3) is 2.35. The van der Waals surface area contributed by atoms with Gasteiger partial charge in [-0.15, -0.1) is 0 Å². The number of fused-ring (bicyclic) bond motifs is 1. The Kier molecular flexibility index (Phi) is 3.78. The fourth-order valence-corrected chi connectivity index (χ4v) is 3.70. The predicted molar refractivity (Wildman–Crippen MR) is 79.2 cm³/mol. The lowest BCUT2D eigenvalue weighted by molar-refractivity contribution is 0.325. The summed E-state index contributed by atoms with van der Waals surface area (Å²) in [6.45, 7) is 10.2. The van der Waals surface area contributed by atoms with Gasteiger partial charge in [-0.25, -0.2) is 4.98 Å². The third-order valence-electron chi connectivity index (χ3n) is 4.52. The molecule has 1 aromatic heterocycles. The van der Waals surface area contributed by atoms with Gasteiger partial charge in [0, 0.05) is 31.7 Å². The van der Waals surface area contributed by atoms with Crippen LogP contribution in [-0.2, 0) is 0 Å². The predicted octanol–water partition coefficient (Wildman–Crippen LogP) is 1.62. The summed E-state index contributed by atoms with van der Waals surface area (Å²) in [6.07, 6.45) is 1.16. The zero-order chi connectivity index (χ0) is 14.1. The Morgan fingerprint density at radius 3 is 2.95 bits per heavy atom. The molecule has 0 spiro atoms. The molecule has 3 heterocycles. The number of aryl methyl sites for hydroxylation is 1. The van der Waals surface area contributed by atoms with Crippen LogP contribution < -0.4 is 15.0 Å². The SMILES string of the molecule is CCOc1cc(N2CC3CNCC3C2CC)nc(C)n1. The lowest BCUT2D eigenvalue weighted by atomic mass is 9.93. The molecule has 0 bridgehead atoms. The van der Waals surface area contributed by atoms with Crippen LogP contribution in [0.4, 0.5) is 5.82 Å². The van der Waals surface area contributed by atoms with Gasteiger partial charge in [-0.2, -0.15) is 4.98 Å². The molecule has 3 rings (SSSR count). The number of nitrogens with zero attached hydrogens (tertiary/aromatic N) is 3. The molecular formula is C15H24N4O. The molecule has 110 valence electrons. The van der Waals surface area contributed by atoms with Crippen molar-refractivity contribution in [3.05, 3.63) is 11.9 Å². The molecule has 3 atom stereocenters. The van der Waals surface area contributed by atoms with Crippen LogP contribution in [0.5, 0.6) is 5.88 Å². The van der Waals surface area contributed by atoms with Crippen LogP contribution >= 0.6 is 0 Å². The number of nitrogens with one attached hydrogen (secondary N) is 1. The number of rotatable bonds is 4. The van der Waals surface area contributed by atoms with Gasteiger partial charge in [0.1, 0.15) is 11.6 Å². The molecule has 3 unspecified atom stereocenters. The molecule has 2 fully saturated rings. The second-order valence-electron chi connectivity index (χ2n) is 5.75. The Bertz CT molecular complexity index is 479. The summed E-state index contributed by atoms with van der Waals surface area (Å²) in [4.78, 5) is 11.4. The van der Waals surface area contributed by atoms with E-state index in [1.54, 1.807) is 0 Å². The fraction of sp³-hybridized carbons (Fsp3) is 0.733. The van der Waals surface area contributed by atoms with E-state index in [4.69, 9.17) is 4.74 Å². The van der Waals surface area contributed by atoms with E-state index in [2.05, 4.69) is 27.1 Å². The number of aromatic nitrogens is 2. The second-order valence-corrected chi connectivity index (χ2v) is 5.75. The molecular weight excluding hydrogens is 252 g/mol. The van der Waals surface area contributed by atoms with Gasteiger partial charge in [0.2, 0.25) is 5.88 Å². The van der Waals surface area contributed by atoms with Gasteiger partial charge in [-0.05, 0) is 32.1 Å². The molecule has 0 saturated carbocycles. The van der Waals surface area contributed by atoms with Crippen molar-refractivity contribution in [1.29, 1.82) is 0 Å². The Morgan fingerprint density at radius 1 is 1.35 bits per heavy atom. The van der Waals surface area contributed by atoms with Crippen LogP contribution in [-0.4, -0.2) is 42.3 Å². The quantitative estimate of drug-likeness (QED) is 0.905. The largest absolute Gasteiger partial charge is 0.478 e. The van der Waals surface area contributed by atoms with Crippen LogP contribution in [0, 0.1) is 18.8 Å². The molecule has 2 saturated heterocycles. The first-order chi connectivity index (χ1) is 9.72. The zero-order valence-electron chi connectivity index (χ0n) is 12.6. The van der Waals surface area contributed by atoms with E-state index in [0.29, 0.717) is 18.5 Å². The number of hydrogen-bond acceptors (Lipinski definition) is 5. The highest BCUT2D eigenvalue weighted by Crippen LogP contribution is 2.37. The van der Waals surface area contributed by atoms with E-state index in [1.807, 2.05) is 19.9 Å². The highest BCUT2D eigenvalue weighted by Gasteiger charge is 2.43. The second kappa shape index (κ2) is 5.56. The first kappa shape index (κ1) is 13.6. The van der Waals surface area contributed by atoms with Crippen molar-refractivity contribution in [1.82, 2.24) is 15.3 Å². The maximum absolute atomic E-state index is 5.56. The zero-order valence-corrected chi connectivity index (χ0v) is 12.6. The van der Waals surface area contributed by atoms with Crippen molar-refractivity contribution >= 4 is 5.82 Å². The Morgan fingerprint density at radius 2 is 2.20 bits per heavy atom. The minimum Gasteiger partial charge on any atom is -0.478 e. The first-order valence-electron chi connectivity index (χ1n) is 7.68. The maximum atomic E-state index is 5.56. The molecule has 1 N–H and O–H groups in total. The van der Waals surface area contributed by atoms with E-state index >= 15 is 0 Å².